The Morgan fingerprint density at radius 3 is 2.00 bits per heavy atom. The quantitative estimate of drug-likeness (QED) is 0.673. The van der Waals surface area contributed by atoms with E-state index in [-0.39, 0.29) is 5.54 Å². The summed E-state index contributed by atoms with van der Waals surface area (Å²) in [6.07, 6.45) is -0.698. The van der Waals surface area contributed by atoms with Crippen molar-refractivity contribution in [3.8, 4) is 0 Å². The normalized spacial score (nSPS) is 23.8. The lowest BCUT2D eigenvalue weighted by Crippen LogP contribution is -2.54. The number of rotatable bonds is 2. The van der Waals surface area contributed by atoms with Gasteiger partial charge in [-0.05, 0) is 27.7 Å². The molecule has 14 heavy (non-hydrogen) atoms. The number of hydrogen-bond acceptors (Lipinski definition) is 2. The van der Waals surface area contributed by atoms with Crippen molar-refractivity contribution < 1.29 is 4.39 Å². The van der Waals surface area contributed by atoms with Gasteiger partial charge in [0.2, 0.25) is 0 Å². The largest absolute Gasteiger partial charge is 0.298 e. The highest BCUT2D eigenvalue weighted by atomic mass is 19.1. The summed E-state index contributed by atoms with van der Waals surface area (Å²) < 4.78 is 12.8. The van der Waals surface area contributed by atoms with E-state index in [1.807, 2.05) is 0 Å². The molecule has 0 N–H and O–H groups in total. The van der Waals surface area contributed by atoms with Gasteiger partial charge in [-0.1, -0.05) is 0 Å². The third kappa shape index (κ3) is 3.54. The Balaban J connectivity index is 2.31. The average Bonchev–Trinajstić information content (AvgIpc) is 2.02. The molecule has 0 saturated carbocycles. The molecule has 1 fully saturated rings. The monoisotopic (exact) mass is 202 g/mol. The highest BCUT2D eigenvalue weighted by Gasteiger charge is 2.25. The summed E-state index contributed by atoms with van der Waals surface area (Å²) in [5, 5.41) is 0. The maximum atomic E-state index is 12.8. The van der Waals surface area contributed by atoms with Crippen LogP contribution >= 0.6 is 0 Å². The van der Waals surface area contributed by atoms with Crippen LogP contribution in [0.25, 0.3) is 0 Å². The number of hydrogen-bond donors (Lipinski definition) is 0. The number of piperazine rings is 1. The fourth-order valence-corrected chi connectivity index (χ4v) is 1.96. The van der Waals surface area contributed by atoms with Gasteiger partial charge in [0.15, 0.2) is 0 Å². The van der Waals surface area contributed by atoms with Gasteiger partial charge in [-0.25, -0.2) is 4.39 Å². The Labute approximate surface area is 87.1 Å². The molecule has 0 aromatic rings. The molecule has 1 aliphatic rings. The van der Waals surface area contributed by atoms with Gasteiger partial charge in [-0.15, -0.1) is 0 Å². The van der Waals surface area contributed by atoms with Gasteiger partial charge in [0.25, 0.3) is 0 Å². The van der Waals surface area contributed by atoms with Crippen LogP contribution in [0.2, 0.25) is 0 Å². The predicted molar refractivity (Wildman–Crippen MR) is 58.3 cm³/mol. The van der Waals surface area contributed by atoms with E-state index < -0.39 is 6.17 Å². The molecule has 0 aromatic carbocycles. The minimum absolute atomic E-state index is 0.257. The first-order valence-corrected chi connectivity index (χ1v) is 5.51. The van der Waals surface area contributed by atoms with Crippen molar-refractivity contribution in [2.75, 3.05) is 32.7 Å². The zero-order valence-electron chi connectivity index (χ0n) is 9.89. The zero-order chi connectivity index (χ0) is 10.8. The van der Waals surface area contributed by atoms with Crippen LogP contribution in [-0.2, 0) is 0 Å². The predicted octanol–water partition coefficient (Wildman–Crippen LogP) is 1.76. The van der Waals surface area contributed by atoms with E-state index in [0.717, 1.165) is 26.2 Å². The molecular weight excluding hydrogens is 179 g/mol. The molecule has 0 aliphatic carbocycles. The van der Waals surface area contributed by atoms with E-state index >= 15 is 0 Å². The number of alkyl halides is 1. The highest BCUT2D eigenvalue weighted by molar-refractivity contribution is 4.82. The van der Waals surface area contributed by atoms with Crippen molar-refractivity contribution >= 4 is 0 Å². The minimum atomic E-state index is -0.698. The molecule has 1 unspecified atom stereocenters. The van der Waals surface area contributed by atoms with Crippen molar-refractivity contribution in [1.82, 2.24) is 9.80 Å². The van der Waals surface area contributed by atoms with E-state index in [2.05, 4.69) is 30.6 Å². The summed E-state index contributed by atoms with van der Waals surface area (Å²) in [4.78, 5) is 4.68. The molecule has 1 rings (SSSR count). The van der Waals surface area contributed by atoms with Gasteiger partial charge in [0, 0.05) is 38.3 Å². The summed E-state index contributed by atoms with van der Waals surface area (Å²) in [5.74, 6) is 0. The summed E-state index contributed by atoms with van der Waals surface area (Å²) in [7, 11) is 0. The first kappa shape index (κ1) is 11.9. The zero-order valence-corrected chi connectivity index (χ0v) is 9.89. The second-order valence-corrected chi connectivity index (χ2v) is 5.24. The first-order chi connectivity index (χ1) is 6.39. The molecule has 0 bridgehead atoms. The van der Waals surface area contributed by atoms with Crippen LogP contribution in [0.15, 0.2) is 0 Å². The van der Waals surface area contributed by atoms with Crippen molar-refractivity contribution in [3.63, 3.8) is 0 Å². The lowest BCUT2D eigenvalue weighted by Gasteiger charge is -2.42. The van der Waals surface area contributed by atoms with E-state index in [1.165, 1.54) is 0 Å². The minimum Gasteiger partial charge on any atom is -0.298 e. The summed E-state index contributed by atoms with van der Waals surface area (Å²) in [6.45, 7) is 13.1. The molecule has 1 aliphatic heterocycles. The maximum Gasteiger partial charge on any atom is 0.110 e. The Bertz CT molecular complexity index is 167. The number of nitrogens with zero attached hydrogens (tertiary/aromatic N) is 2. The van der Waals surface area contributed by atoms with Crippen LogP contribution in [0.5, 0.6) is 0 Å². The van der Waals surface area contributed by atoms with Gasteiger partial charge < -0.3 is 0 Å². The molecule has 84 valence electrons. The van der Waals surface area contributed by atoms with Crippen LogP contribution in [0.4, 0.5) is 4.39 Å². The summed E-state index contributed by atoms with van der Waals surface area (Å²) >= 11 is 0. The van der Waals surface area contributed by atoms with Crippen LogP contribution in [0.3, 0.4) is 0 Å². The lowest BCUT2D eigenvalue weighted by atomic mass is 10.0. The molecule has 0 spiro atoms. The first-order valence-electron chi connectivity index (χ1n) is 5.51. The molecule has 2 nitrogen and oxygen atoms in total. The second kappa shape index (κ2) is 4.58. The van der Waals surface area contributed by atoms with Gasteiger partial charge in [-0.2, -0.15) is 0 Å². The van der Waals surface area contributed by atoms with Crippen molar-refractivity contribution in [1.29, 1.82) is 0 Å². The van der Waals surface area contributed by atoms with Gasteiger partial charge in [0.1, 0.15) is 6.17 Å². The average molecular weight is 202 g/mol. The number of halogens is 1. The summed E-state index contributed by atoms with van der Waals surface area (Å²) in [5.41, 5.74) is 0.257. The fraction of sp³-hybridized carbons (Fsp3) is 1.00. The standard InChI is InChI=1S/C11H23FN2/c1-10(12)9-13-5-7-14(8-6-13)11(2,3)4/h10H,5-9H2,1-4H3. The van der Waals surface area contributed by atoms with E-state index in [1.54, 1.807) is 6.92 Å². The Morgan fingerprint density at radius 2 is 1.64 bits per heavy atom. The van der Waals surface area contributed by atoms with Crippen molar-refractivity contribution in [2.45, 2.75) is 39.4 Å². The Kier molecular flexibility index (Phi) is 3.90. The highest BCUT2D eigenvalue weighted by Crippen LogP contribution is 2.15. The topological polar surface area (TPSA) is 6.48 Å². The van der Waals surface area contributed by atoms with Crippen LogP contribution in [-0.4, -0.2) is 54.2 Å². The van der Waals surface area contributed by atoms with Crippen molar-refractivity contribution in [2.24, 2.45) is 0 Å². The fourth-order valence-electron chi connectivity index (χ4n) is 1.96. The van der Waals surface area contributed by atoms with Gasteiger partial charge >= 0.3 is 0 Å². The molecule has 0 aromatic heterocycles. The molecule has 0 radical (unpaired) electrons. The van der Waals surface area contributed by atoms with E-state index in [9.17, 15) is 4.39 Å². The van der Waals surface area contributed by atoms with Crippen LogP contribution < -0.4 is 0 Å². The SMILES string of the molecule is CC(F)CN1CCN(C(C)(C)C)CC1. The smallest absolute Gasteiger partial charge is 0.110 e. The van der Waals surface area contributed by atoms with Gasteiger partial charge in [0.05, 0.1) is 0 Å². The molecule has 1 saturated heterocycles. The lowest BCUT2D eigenvalue weighted by molar-refractivity contribution is 0.0530. The van der Waals surface area contributed by atoms with Crippen LogP contribution in [0, 0.1) is 0 Å². The van der Waals surface area contributed by atoms with E-state index in [4.69, 9.17) is 0 Å². The Morgan fingerprint density at radius 1 is 1.14 bits per heavy atom. The summed E-state index contributed by atoms with van der Waals surface area (Å²) in [6, 6.07) is 0. The van der Waals surface area contributed by atoms with Crippen LogP contribution in [0.1, 0.15) is 27.7 Å². The Hall–Kier alpha value is -0.150. The van der Waals surface area contributed by atoms with E-state index in [0.29, 0.717) is 6.54 Å². The van der Waals surface area contributed by atoms with Gasteiger partial charge in [-0.3, -0.25) is 9.80 Å². The molecule has 3 heteroatoms. The molecule has 1 atom stereocenters. The molecular formula is C11H23FN2. The third-order valence-electron chi connectivity index (χ3n) is 2.83. The molecule has 0 amide bonds. The maximum absolute atomic E-state index is 12.8. The molecule has 1 heterocycles. The third-order valence-corrected chi connectivity index (χ3v) is 2.83. The van der Waals surface area contributed by atoms with Crippen molar-refractivity contribution in [3.05, 3.63) is 0 Å². The second-order valence-electron chi connectivity index (χ2n) is 5.24.